The van der Waals surface area contributed by atoms with E-state index in [0.29, 0.717) is 19.3 Å². The molecule has 0 fully saturated rings. The number of rotatable bonds is 12. The van der Waals surface area contributed by atoms with Gasteiger partial charge in [0.25, 0.3) is 0 Å². The van der Waals surface area contributed by atoms with E-state index in [9.17, 15) is 14.4 Å². The van der Waals surface area contributed by atoms with E-state index >= 15 is 0 Å². The minimum Gasteiger partial charge on any atom is -0.326 e. The van der Waals surface area contributed by atoms with E-state index < -0.39 is 0 Å². The third-order valence-corrected chi connectivity index (χ3v) is 5.66. The first-order valence-electron chi connectivity index (χ1n) is 12.9. The molecular formula is C30H36N4O3. The summed E-state index contributed by atoms with van der Waals surface area (Å²) in [6, 6.07) is 23.0. The van der Waals surface area contributed by atoms with Gasteiger partial charge < -0.3 is 20.9 Å². The fourth-order valence-electron chi connectivity index (χ4n) is 3.88. The van der Waals surface area contributed by atoms with Crippen LogP contribution in [0.1, 0.15) is 59.3 Å². The molecule has 37 heavy (non-hydrogen) atoms. The fourth-order valence-corrected chi connectivity index (χ4v) is 3.88. The normalized spacial score (nSPS) is 10.5. The maximum Gasteiger partial charge on any atom is 0.224 e. The molecule has 3 rings (SSSR count). The fraction of sp³-hybridized carbons (Fsp3) is 0.300. The highest BCUT2D eigenvalue weighted by Crippen LogP contribution is 2.36. The number of amides is 3. The van der Waals surface area contributed by atoms with Gasteiger partial charge in [0.2, 0.25) is 17.7 Å². The first-order chi connectivity index (χ1) is 17.9. The van der Waals surface area contributed by atoms with E-state index in [1.165, 1.54) is 0 Å². The van der Waals surface area contributed by atoms with Gasteiger partial charge in [-0.25, -0.2) is 0 Å². The molecule has 0 saturated heterocycles. The molecule has 0 spiro atoms. The lowest BCUT2D eigenvalue weighted by atomic mass is 10.1. The molecule has 3 N–H and O–H groups in total. The molecule has 7 heteroatoms. The molecule has 0 unspecified atom stereocenters. The first kappa shape index (κ1) is 27.5. The molecule has 194 valence electrons. The molecule has 0 radical (unpaired) electrons. The summed E-state index contributed by atoms with van der Waals surface area (Å²) in [5, 5.41) is 8.77. The summed E-state index contributed by atoms with van der Waals surface area (Å²) in [5.41, 5.74) is 4.93. The molecule has 0 bridgehead atoms. The van der Waals surface area contributed by atoms with Crippen LogP contribution in [0.5, 0.6) is 0 Å². The smallest absolute Gasteiger partial charge is 0.224 e. The van der Waals surface area contributed by atoms with E-state index in [1.807, 2.05) is 93.6 Å². The Morgan fingerprint density at radius 1 is 0.486 bits per heavy atom. The summed E-state index contributed by atoms with van der Waals surface area (Å²) >= 11 is 0. The van der Waals surface area contributed by atoms with Crippen LogP contribution >= 0.6 is 0 Å². The van der Waals surface area contributed by atoms with Crippen molar-refractivity contribution in [2.24, 2.45) is 0 Å². The van der Waals surface area contributed by atoms with Gasteiger partial charge in [-0.1, -0.05) is 20.8 Å². The molecule has 0 aromatic heterocycles. The topological polar surface area (TPSA) is 90.5 Å². The van der Waals surface area contributed by atoms with Crippen molar-refractivity contribution >= 4 is 51.8 Å². The summed E-state index contributed by atoms with van der Waals surface area (Å²) in [7, 11) is 0. The highest BCUT2D eigenvalue weighted by Gasteiger charge is 2.14. The van der Waals surface area contributed by atoms with Crippen molar-refractivity contribution in [2.45, 2.75) is 59.3 Å². The molecule has 3 aromatic carbocycles. The monoisotopic (exact) mass is 500 g/mol. The Morgan fingerprint density at radius 2 is 0.730 bits per heavy atom. The van der Waals surface area contributed by atoms with Crippen LogP contribution in [-0.4, -0.2) is 17.7 Å². The van der Waals surface area contributed by atoms with Crippen molar-refractivity contribution in [1.29, 1.82) is 0 Å². The summed E-state index contributed by atoms with van der Waals surface area (Å²) in [6.45, 7) is 5.92. The van der Waals surface area contributed by atoms with E-state index in [2.05, 4.69) is 20.9 Å². The van der Waals surface area contributed by atoms with Gasteiger partial charge in [0, 0.05) is 53.4 Å². The van der Waals surface area contributed by atoms with Gasteiger partial charge in [-0.15, -0.1) is 0 Å². The molecule has 0 atom stereocenters. The highest BCUT2D eigenvalue weighted by atomic mass is 16.2. The minimum absolute atomic E-state index is 0.00600. The van der Waals surface area contributed by atoms with Gasteiger partial charge in [0.05, 0.1) is 0 Å². The number of anilines is 6. The van der Waals surface area contributed by atoms with E-state index in [0.717, 1.165) is 53.4 Å². The third kappa shape index (κ3) is 8.20. The standard InChI is InChI=1S/C30H36N4O3/c1-4-7-28(35)31-22-10-16-25(17-11-22)34(26-18-12-23(13-19-26)32-29(36)8-5-2)27-20-14-24(15-21-27)33-30(37)9-6-3/h10-21H,4-9H2,1-3H3,(H,31,35)(H,32,36)(H,33,37). The van der Waals surface area contributed by atoms with Gasteiger partial charge >= 0.3 is 0 Å². The average Bonchev–Trinajstić information content (AvgIpc) is 2.88. The van der Waals surface area contributed by atoms with Crippen molar-refractivity contribution in [3.8, 4) is 0 Å². The summed E-state index contributed by atoms with van der Waals surface area (Å²) in [6.07, 6.45) is 3.83. The Labute approximate surface area is 219 Å². The number of hydrogen-bond acceptors (Lipinski definition) is 4. The summed E-state index contributed by atoms with van der Waals surface area (Å²) in [5.74, 6) is -0.0180. The Hall–Kier alpha value is -4.13. The summed E-state index contributed by atoms with van der Waals surface area (Å²) in [4.78, 5) is 38.1. The number of carbonyl (C=O) groups is 3. The van der Waals surface area contributed by atoms with Crippen molar-refractivity contribution in [1.82, 2.24) is 0 Å². The molecule has 0 saturated carbocycles. The second-order valence-corrected chi connectivity index (χ2v) is 8.87. The maximum absolute atomic E-state index is 12.0. The second kappa shape index (κ2) is 13.8. The number of hydrogen-bond donors (Lipinski definition) is 3. The lowest BCUT2D eigenvalue weighted by Crippen LogP contribution is -2.13. The third-order valence-electron chi connectivity index (χ3n) is 5.66. The number of benzene rings is 3. The Kier molecular flexibility index (Phi) is 10.3. The van der Waals surface area contributed by atoms with Crippen LogP contribution in [0.25, 0.3) is 0 Å². The lowest BCUT2D eigenvalue weighted by molar-refractivity contribution is -0.117. The van der Waals surface area contributed by atoms with Gasteiger partial charge in [0.1, 0.15) is 0 Å². The van der Waals surface area contributed by atoms with Crippen LogP contribution in [0.2, 0.25) is 0 Å². The average molecular weight is 501 g/mol. The quantitative estimate of drug-likeness (QED) is 0.242. The minimum atomic E-state index is -0.00600. The largest absolute Gasteiger partial charge is 0.326 e. The summed E-state index contributed by atoms with van der Waals surface area (Å²) < 4.78 is 0. The van der Waals surface area contributed by atoms with Gasteiger partial charge in [0.15, 0.2) is 0 Å². The zero-order chi connectivity index (χ0) is 26.6. The van der Waals surface area contributed by atoms with Crippen LogP contribution in [0.15, 0.2) is 72.8 Å². The van der Waals surface area contributed by atoms with Crippen LogP contribution in [0.3, 0.4) is 0 Å². The molecule has 0 heterocycles. The van der Waals surface area contributed by atoms with Crippen molar-refractivity contribution in [2.75, 3.05) is 20.9 Å². The molecule has 3 aromatic rings. The van der Waals surface area contributed by atoms with E-state index in [1.54, 1.807) is 0 Å². The lowest BCUT2D eigenvalue weighted by Gasteiger charge is -2.26. The second-order valence-electron chi connectivity index (χ2n) is 8.87. The van der Waals surface area contributed by atoms with Gasteiger partial charge in [-0.2, -0.15) is 0 Å². The zero-order valence-corrected chi connectivity index (χ0v) is 21.8. The Bertz CT molecular complexity index is 1020. The highest BCUT2D eigenvalue weighted by molar-refractivity contribution is 5.93. The van der Waals surface area contributed by atoms with E-state index in [-0.39, 0.29) is 17.7 Å². The zero-order valence-electron chi connectivity index (χ0n) is 21.8. The van der Waals surface area contributed by atoms with Gasteiger partial charge in [-0.05, 0) is 92.1 Å². The predicted octanol–water partition coefficient (Wildman–Crippen LogP) is 7.37. The molecule has 0 aliphatic rings. The van der Waals surface area contributed by atoms with Crippen molar-refractivity contribution in [3.05, 3.63) is 72.8 Å². The van der Waals surface area contributed by atoms with Crippen molar-refractivity contribution < 1.29 is 14.4 Å². The van der Waals surface area contributed by atoms with Crippen LogP contribution in [0.4, 0.5) is 34.1 Å². The molecular weight excluding hydrogens is 464 g/mol. The number of nitrogens with zero attached hydrogens (tertiary/aromatic N) is 1. The Morgan fingerprint density at radius 3 is 0.946 bits per heavy atom. The Balaban J connectivity index is 1.89. The number of nitrogens with one attached hydrogen (secondary N) is 3. The first-order valence-corrected chi connectivity index (χ1v) is 12.9. The number of carbonyl (C=O) groups excluding carboxylic acids is 3. The molecule has 3 amide bonds. The van der Waals surface area contributed by atoms with Crippen LogP contribution < -0.4 is 20.9 Å². The van der Waals surface area contributed by atoms with E-state index in [4.69, 9.17) is 0 Å². The molecule has 7 nitrogen and oxygen atoms in total. The van der Waals surface area contributed by atoms with Crippen LogP contribution in [-0.2, 0) is 14.4 Å². The van der Waals surface area contributed by atoms with Gasteiger partial charge in [-0.3, -0.25) is 14.4 Å². The predicted molar refractivity (Wildman–Crippen MR) is 152 cm³/mol. The maximum atomic E-state index is 12.0. The molecule has 0 aliphatic heterocycles. The molecule has 0 aliphatic carbocycles. The van der Waals surface area contributed by atoms with Crippen LogP contribution in [0, 0.1) is 0 Å². The SMILES string of the molecule is CCCC(=O)Nc1ccc(N(c2ccc(NC(=O)CCC)cc2)c2ccc(NC(=O)CCC)cc2)cc1. The van der Waals surface area contributed by atoms with Crippen molar-refractivity contribution in [3.63, 3.8) is 0 Å².